The van der Waals surface area contributed by atoms with E-state index in [1.165, 1.54) is 31.7 Å². The van der Waals surface area contributed by atoms with Crippen molar-refractivity contribution >= 4 is 17.2 Å². The van der Waals surface area contributed by atoms with Gasteiger partial charge < -0.3 is 10.5 Å². The van der Waals surface area contributed by atoms with Crippen LogP contribution < -0.4 is 5.73 Å². The molecular formula is C14H18FNOS. The molecule has 1 aliphatic carbocycles. The van der Waals surface area contributed by atoms with Crippen molar-refractivity contribution in [3.8, 4) is 0 Å². The summed E-state index contributed by atoms with van der Waals surface area (Å²) >= 11 is 4.88. The molecule has 0 radical (unpaired) electrons. The maximum atomic E-state index is 13.6. The Morgan fingerprint density at radius 1 is 1.39 bits per heavy atom. The number of nitrogens with two attached hydrogens (primary N) is 1. The third kappa shape index (κ3) is 3.50. The molecule has 0 saturated heterocycles. The Balaban J connectivity index is 1.91. The van der Waals surface area contributed by atoms with Crippen molar-refractivity contribution in [1.82, 2.24) is 0 Å². The van der Waals surface area contributed by atoms with Gasteiger partial charge in [-0.1, -0.05) is 25.1 Å². The highest BCUT2D eigenvalue weighted by Gasteiger charge is 2.15. The summed E-state index contributed by atoms with van der Waals surface area (Å²) in [4.78, 5) is 0.284. The fourth-order valence-corrected chi connectivity index (χ4v) is 2.48. The highest BCUT2D eigenvalue weighted by Crippen LogP contribution is 2.25. The number of thiocarbonyl (C=S) groups is 1. The summed E-state index contributed by atoms with van der Waals surface area (Å²) in [7, 11) is 0. The van der Waals surface area contributed by atoms with E-state index >= 15 is 0 Å². The molecule has 1 aromatic rings. The number of rotatable bonds is 5. The maximum Gasteiger partial charge on any atom is 0.128 e. The first kappa shape index (κ1) is 13.4. The molecular weight excluding hydrogens is 249 g/mol. The van der Waals surface area contributed by atoms with Crippen LogP contribution >= 0.6 is 12.2 Å². The summed E-state index contributed by atoms with van der Waals surface area (Å²) in [6.07, 6.45) is 5.05. The van der Waals surface area contributed by atoms with Crippen LogP contribution in [0.1, 0.15) is 36.8 Å². The summed E-state index contributed by atoms with van der Waals surface area (Å²) in [5.74, 6) is 0.383. The average Bonchev–Trinajstić information content (AvgIpc) is 2.84. The van der Waals surface area contributed by atoms with Crippen LogP contribution in [0.25, 0.3) is 0 Å². The van der Waals surface area contributed by atoms with E-state index in [9.17, 15) is 4.39 Å². The Morgan fingerprint density at radius 2 is 2.11 bits per heavy atom. The smallest absolute Gasteiger partial charge is 0.128 e. The number of hydrogen-bond acceptors (Lipinski definition) is 2. The van der Waals surface area contributed by atoms with Crippen molar-refractivity contribution in [2.75, 3.05) is 6.61 Å². The van der Waals surface area contributed by atoms with E-state index in [0.29, 0.717) is 23.7 Å². The van der Waals surface area contributed by atoms with Crippen LogP contribution in [0, 0.1) is 11.7 Å². The minimum atomic E-state index is -0.263. The molecule has 0 aliphatic heterocycles. The average molecular weight is 267 g/mol. The molecule has 0 bridgehead atoms. The van der Waals surface area contributed by atoms with Gasteiger partial charge in [-0.15, -0.1) is 0 Å². The first-order valence-electron chi connectivity index (χ1n) is 6.33. The summed E-state index contributed by atoms with van der Waals surface area (Å²) in [5, 5.41) is 0. The molecule has 2 nitrogen and oxygen atoms in total. The monoisotopic (exact) mass is 267 g/mol. The van der Waals surface area contributed by atoms with E-state index < -0.39 is 0 Å². The van der Waals surface area contributed by atoms with Crippen LogP contribution in [-0.2, 0) is 11.3 Å². The number of benzene rings is 1. The fourth-order valence-electron chi connectivity index (χ4n) is 2.35. The Hall–Kier alpha value is -1.00. The molecule has 2 rings (SSSR count). The second kappa shape index (κ2) is 6.25. The summed E-state index contributed by atoms with van der Waals surface area (Å²) in [5.41, 5.74) is 6.74. The third-order valence-corrected chi connectivity index (χ3v) is 3.65. The first-order chi connectivity index (χ1) is 8.66. The highest BCUT2D eigenvalue weighted by molar-refractivity contribution is 7.80. The van der Waals surface area contributed by atoms with Gasteiger partial charge in [0.15, 0.2) is 0 Å². The van der Waals surface area contributed by atoms with Gasteiger partial charge in [0.2, 0.25) is 0 Å². The molecule has 0 amide bonds. The quantitative estimate of drug-likeness (QED) is 0.832. The molecule has 0 spiro atoms. The lowest BCUT2D eigenvalue weighted by molar-refractivity contribution is 0.0870. The van der Waals surface area contributed by atoms with Crippen molar-refractivity contribution < 1.29 is 9.13 Å². The number of halogens is 1. The van der Waals surface area contributed by atoms with Crippen molar-refractivity contribution in [3.05, 3.63) is 35.1 Å². The third-order valence-electron chi connectivity index (χ3n) is 3.42. The second-order valence-corrected chi connectivity index (χ2v) is 5.28. The largest absolute Gasteiger partial charge is 0.389 e. The molecule has 98 valence electrons. The van der Waals surface area contributed by atoms with E-state index in [0.717, 1.165) is 6.61 Å². The fraction of sp³-hybridized carbons (Fsp3) is 0.500. The Bertz CT molecular complexity index is 430. The minimum Gasteiger partial charge on any atom is -0.389 e. The molecule has 1 saturated carbocycles. The Labute approximate surface area is 112 Å². The van der Waals surface area contributed by atoms with Gasteiger partial charge in [-0.2, -0.15) is 0 Å². The molecule has 0 atom stereocenters. The van der Waals surface area contributed by atoms with Gasteiger partial charge in [0.1, 0.15) is 10.8 Å². The normalized spacial score (nSPS) is 16.1. The Morgan fingerprint density at radius 3 is 2.78 bits per heavy atom. The van der Waals surface area contributed by atoms with Gasteiger partial charge in [0, 0.05) is 17.7 Å². The van der Waals surface area contributed by atoms with E-state index in [2.05, 4.69) is 0 Å². The van der Waals surface area contributed by atoms with Crippen LogP contribution in [0.5, 0.6) is 0 Å². The molecule has 2 N–H and O–H groups in total. The van der Waals surface area contributed by atoms with Crippen molar-refractivity contribution in [2.24, 2.45) is 11.7 Å². The maximum absolute atomic E-state index is 13.6. The molecule has 18 heavy (non-hydrogen) atoms. The SMILES string of the molecule is NC(=S)c1ccc(F)c(COCC2CCCC2)c1. The predicted molar refractivity (Wildman–Crippen MR) is 73.9 cm³/mol. The van der Waals surface area contributed by atoms with E-state index in [-0.39, 0.29) is 10.8 Å². The van der Waals surface area contributed by atoms with Crippen molar-refractivity contribution in [3.63, 3.8) is 0 Å². The van der Waals surface area contributed by atoms with Crippen LogP contribution in [0.2, 0.25) is 0 Å². The zero-order valence-corrected chi connectivity index (χ0v) is 11.1. The summed E-state index contributed by atoms with van der Waals surface area (Å²) in [6.45, 7) is 1.01. The first-order valence-corrected chi connectivity index (χ1v) is 6.73. The van der Waals surface area contributed by atoms with Gasteiger partial charge in [-0.25, -0.2) is 4.39 Å². The zero-order chi connectivity index (χ0) is 13.0. The van der Waals surface area contributed by atoms with Crippen LogP contribution in [0.15, 0.2) is 18.2 Å². The topological polar surface area (TPSA) is 35.2 Å². The summed E-state index contributed by atoms with van der Waals surface area (Å²) in [6, 6.07) is 4.66. The van der Waals surface area contributed by atoms with Gasteiger partial charge >= 0.3 is 0 Å². The van der Waals surface area contributed by atoms with Gasteiger partial charge in [0.05, 0.1) is 6.61 Å². The predicted octanol–water partition coefficient (Wildman–Crippen LogP) is 3.17. The van der Waals surface area contributed by atoms with Crippen molar-refractivity contribution in [1.29, 1.82) is 0 Å². The van der Waals surface area contributed by atoms with Crippen molar-refractivity contribution in [2.45, 2.75) is 32.3 Å². The molecule has 1 aromatic carbocycles. The van der Waals surface area contributed by atoms with E-state index in [1.807, 2.05) is 0 Å². The molecule has 0 heterocycles. The second-order valence-electron chi connectivity index (χ2n) is 4.84. The van der Waals surface area contributed by atoms with Gasteiger partial charge in [-0.3, -0.25) is 0 Å². The van der Waals surface area contributed by atoms with Crippen LogP contribution in [0.3, 0.4) is 0 Å². The lowest BCUT2D eigenvalue weighted by Gasteiger charge is -2.11. The summed E-state index contributed by atoms with van der Waals surface area (Å²) < 4.78 is 19.2. The zero-order valence-electron chi connectivity index (χ0n) is 10.3. The molecule has 0 unspecified atom stereocenters. The van der Waals surface area contributed by atoms with Crippen LogP contribution in [0.4, 0.5) is 4.39 Å². The number of hydrogen-bond donors (Lipinski definition) is 1. The van der Waals surface area contributed by atoms with Gasteiger partial charge in [-0.05, 0) is 37.0 Å². The number of ether oxygens (including phenoxy) is 1. The van der Waals surface area contributed by atoms with Crippen LogP contribution in [-0.4, -0.2) is 11.6 Å². The molecule has 4 heteroatoms. The molecule has 1 fully saturated rings. The Kier molecular flexibility index (Phi) is 4.66. The lowest BCUT2D eigenvalue weighted by Crippen LogP contribution is -2.11. The molecule has 0 aromatic heterocycles. The van der Waals surface area contributed by atoms with E-state index in [1.54, 1.807) is 12.1 Å². The standard InChI is InChI=1S/C14H18FNOS/c15-13-6-5-11(14(16)18)7-12(13)9-17-8-10-3-1-2-4-10/h5-7,10H,1-4,8-9H2,(H2,16,18). The van der Waals surface area contributed by atoms with E-state index in [4.69, 9.17) is 22.7 Å². The minimum absolute atomic E-state index is 0.263. The van der Waals surface area contributed by atoms with Gasteiger partial charge in [0.25, 0.3) is 0 Å². The molecule has 1 aliphatic rings. The lowest BCUT2D eigenvalue weighted by atomic mass is 10.1. The highest BCUT2D eigenvalue weighted by atomic mass is 32.1.